The lowest BCUT2D eigenvalue weighted by Gasteiger charge is -2.19. The van der Waals surface area contributed by atoms with Crippen LogP contribution in [0, 0.1) is 0 Å². The zero-order chi connectivity index (χ0) is 24.6. The van der Waals surface area contributed by atoms with Crippen LogP contribution < -0.4 is 10.6 Å². The van der Waals surface area contributed by atoms with Crippen molar-refractivity contribution in [2.24, 2.45) is 0 Å². The molecular weight excluding hydrogens is 444 g/mol. The predicted octanol–water partition coefficient (Wildman–Crippen LogP) is 3.89. The number of aliphatic carboxylic acids is 1. The minimum atomic E-state index is -1.10. The van der Waals surface area contributed by atoms with Crippen molar-refractivity contribution in [1.29, 1.82) is 0 Å². The van der Waals surface area contributed by atoms with Gasteiger partial charge in [0.15, 0.2) is 0 Å². The molecule has 2 amide bonds. The van der Waals surface area contributed by atoms with Crippen LogP contribution in [0.15, 0.2) is 91.0 Å². The standard InChI is InChI=1S/C28H26N2O5/c31-26(32)15-8-16-29-27(33)25(17-19-9-2-1-3-10-19)30-28(34)35-18-24-22-13-6-4-11-20(22)21-12-5-7-14-23(21)24/h1-15,24-25H,16-18H2,(H,29,33)(H,30,34)(H,31,32)/b15-8+/t25-/m0/s1. The Morgan fingerprint density at radius 1 is 0.886 bits per heavy atom. The Bertz CT molecular complexity index is 1190. The second kappa shape index (κ2) is 11.2. The first-order valence-electron chi connectivity index (χ1n) is 11.4. The summed E-state index contributed by atoms with van der Waals surface area (Å²) in [7, 11) is 0. The Labute approximate surface area is 203 Å². The molecular formula is C28H26N2O5. The van der Waals surface area contributed by atoms with E-state index in [9.17, 15) is 14.4 Å². The fraction of sp³-hybridized carbons (Fsp3) is 0.179. The molecule has 3 N–H and O–H groups in total. The van der Waals surface area contributed by atoms with Crippen LogP contribution in [0.5, 0.6) is 0 Å². The van der Waals surface area contributed by atoms with Crippen LogP contribution in [0.4, 0.5) is 4.79 Å². The summed E-state index contributed by atoms with van der Waals surface area (Å²) in [5.74, 6) is -1.62. The van der Waals surface area contributed by atoms with Gasteiger partial charge in [-0.2, -0.15) is 0 Å². The summed E-state index contributed by atoms with van der Waals surface area (Å²) in [5.41, 5.74) is 5.34. The summed E-state index contributed by atoms with van der Waals surface area (Å²) in [4.78, 5) is 36.1. The normalized spacial score (nSPS) is 13.0. The summed E-state index contributed by atoms with van der Waals surface area (Å²) in [5, 5.41) is 14.0. The number of ether oxygens (including phenoxy) is 1. The molecule has 1 aliphatic carbocycles. The minimum absolute atomic E-state index is 0.0305. The van der Waals surface area contributed by atoms with Crippen molar-refractivity contribution in [3.05, 3.63) is 108 Å². The van der Waals surface area contributed by atoms with Crippen LogP contribution in [0.25, 0.3) is 11.1 Å². The van der Waals surface area contributed by atoms with Crippen molar-refractivity contribution in [3.63, 3.8) is 0 Å². The van der Waals surface area contributed by atoms with Crippen molar-refractivity contribution in [2.75, 3.05) is 13.2 Å². The van der Waals surface area contributed by atoms with Gasteiger partial charge in [-0.3, -0.25) is 4.79 Å². The number of benzene rings is 3. The molecule has 3 aromatic carbocycles. The summed E-state index contributed by atoms with van der Waals surface area (Å²) >= 11 is 0. The maximum absolute atomic E-state index is 12.8. The maximum atomic E-state index is 12.8. The van der Waals surface area contributed by atoms with Gasteiger partial charge in [0.05, 0.1) is 0 Å². The van der Waals surface area contributed by atoms with Crippen molar-refractivity contribution in [1.82, 2.24) is 10.6 Å². The van der Waals surface area contributed by atoms with Gasteiger partial charge in [0.2, 0.25) is 5.91 Å². The number of amides is 2. The number of rotatable bonds is 9. The van der Waals surface area contributed by atoms with Crippen LogP contribution in [0.2, 0.25) is 0 Å². The van der Waals surface area contributed by atoms with Crippen molar-refractivity contribution in [2.45, 2.75) is 18.4 Å². The largest absolute Gasteiger partial charge is 0.478 e. The molecule has 0 saturated heterocycles. The van der Waals surface area contributed by atoms with Gasteiger partial charge >= 0.3 is 12.1 Å². The fourth-order valence-electron chi connectivity index (χ4n) is 4.28. The topological polar surface area (TPSA) is 105 Å². The van der Waals surface area contributed by atoms with Gasteiger partial charge in [-0.15, -0.1) is 0 Å². The van der Waals surface area contributed by atoms with Gasteiger partial charge in [0.25, 0.3) is 0 Å². The van der Waals surface area contributed by atoms with Crippen LogP contribution in [0.1, 0.15) is 22.6 Å². The molecule has 7 nitrogen and oxygen atoms in total. The SMILES string of the molecule is O=C(O)/C=C/CNC(=O)[C@H](Cc1ccccc1)NC(=O)OCC1c2ccccc2-c2ccccc21. The molecule has 4 rings (SSSR count). The van der Waals surface area contributed by atoms with Gasteiger partial charge in [-0.05, 0) is 27.8 Å². The third-order valence-electron chi connectivity index (χ3n) is 5.89. The number of carboxylic acid groups (broad SMARTS) is 1. The summed E-state index contributed by atoms with van der Waals surface area (Å²) < 4.78 is 5.59. The predicted molar refractivity (Wildman–Crippen MR) is 132 cm³/mol. The molecule has 1 atom stereocenters. The molecule has 0 aliphatic heterocycles. The molecule has 35 heavy (non-hydrogen) atoms. The van der Waals surface area contributed by atoms with E-state index in [1.807, 2.05) is 66.7 Å². The smallest absolute Gasteiger partial charge is 0.407 e. The van der Waals surface area contributed by atoms with Crippen molar-refractivity contribution >= 4 is 18.0 Å². The average Bonchev–Trinajstić information content (AvgIpc) is 3.19. The number of hydrogen-bond donors (Lipinski definition) is 3. The van der Waals surface area contributed by atoms with E-state index >= 15 is 0 Å². The fourth-order valence-corrected chi connectivity index (χ4v) is 4.28. The van der Waals surface area contributed by atoms with E-state index in [1.54, 1.807) is 0 Å². The first-order valence-corrected chi connectivity index (χ1v) is 11.4. The van der Waals surface area contributed by atoms with Crippen LogP contribution >= 0.6 is 0 Å². The lowest BCUT2D eigenvalue weighted by atomic mass is 9.98. The Kier molecular flexibility index (Phi) is 7.57. The molecule has 0 unspecified atom stereocenters. The third kappa shape index (κ3) is 5.95. The number of hydrogen-bond acceptors (Lipinski definition) is 4. The molecule has 0 radical (unpaired) electrons. The molecule has 0 aromatic heterocycles. The molecule has 3 aromatic rings. The molecule has 0 heterocycles. The highest BCUT2D eigenvalue weighted by molar-refractivity contribution is 5.86. The van der Waals surface area contributed by atoms with E-state index in [0.717, 1.165) is 33.9 Å². The number of carboxylic acids is 1. The van der Waals surface area contributed by atoms with Gasteiger partial charge < -0.3 is 20.5 Å². The number of alkyl carbamates (subject to hydrolysis) is 1. The maximum Gasteiger partial charge on any atom is 0.407 e. The molecule has 0 spiro atoms. The molecule has 7 heteroatoms. The zero-order valence-corrected chi connectivity index (χ0v) is 19.0. The van der Waals surface area contributed by atoms with Crippen LogP contribution in [-0.2, 0) is 20.7 Å². The van der Waals surface area contributed by atoms with E-state index in [-0.39, 0.29) is 25.5 Å². The summed E-state index contributed by atoms with van der Waals surface area (Å²) in [6.07, 6.45) is 1.85. The van der Waals surface area contributed by atoms with Gasteiger partial charge in [-0.1, -0.05) is 84.9 Å². The number of nitrogens with one attached hydrogen (secondary N) is 2. The van der Waals surface area contributed by atoms with E-state index < -0.39 is 24.0 Å². The molecule has 1 aliphatic rings. The number of carbonyl (C=O) groups is 3. The summed E-state index contributed by atoms with van der Waals surface area (Å²) in [6, 6.07) is 24.5. The van der Waals surface area contributed by atoms with E-state index in [0.29, 0.717) is 0 Å². The Morgan fingerprint density at radius 2 is 1.49 bits per heavy atom. The molecule has 0 fully saturated rings. The Hall–Kier alpha value is -4.39. The molecule has 178 valence electrons. The highest BCUT2D eigenvalue weighted by Gasteiger charge is 2.29. The first-order chi connectivity index (χ1) is 17.0. The lowest BCUT2D eigenvalue weighted by Crippen LogP contribution is -2.48. The van der Waals surface area contributed by atoms with Gasteiger partial charge in [-0.25, -0.2) is 9.59 Å². The van der Waals surface area contributed by atoms with Gasteiger partial charge in [0.1, 0.15) is 12.6 Å². The van der Waals surface area contributed by atoms with Crippen molar-refractivity contribution in [3.8, 4) is 11.1 Å². The van der Waals surface area contributed by atoms with E-state index in [2.05, 4.69) is 22.8 Å². The van der Waals surface area contributed by atoms with E-state index in [1.165, 1.54) is 6.08 Å². The van der Waals surface area contributed by atoms with Gasteiger partial charge in [0, 0.05) is 25.0 Å². The zero-order valence-electron chi connectivity index (χ0n) is 19.0. The monoisotopic (exact) mass is 470 g/mol. The Balaban J connectivity index is 1.42. The van der Waals surface area contributed by atoms with Crippen LogP contribution in [0.3, 0.4) is 0 Å². The molecule has 0 bridgehead atoms. The number of carbonyl (C=O) groups excluding carboxylic acids is 2. The van der Waals surface area contributed by atoms with Crippen LogP contribution in [-0.4, -0.2) is 42.3 Å². The highest BCUT2D eigenvalue weighted by atomic mass is 16.5. The second-order valence-corrected chi connectivity index (χ2v) is 8.20. The number of fused-ring (bicyclic) bond motifs is 3. The second-order valence-electron chi connectivity index (χ2n) is 8.20. The third-order valence-corrected chi connectivity index (χ3v) is 5.89. The van der Waals surface area contributed by atoms with Crippen molar-refractivity contribution < 1.29 is 24.2 Å². The first kappa shape index (κ1) is 23.8. The summed E-state index contributed by atoms with van der Waals surface area (Å²) in [6.45, 7) is 0.170. The molecule has 0 saturated carbocycles. The highest BCUT2D eigenvalue weighted by Crippen LogP contribution is 2.44. The average molecular weight is 471 g/mol. The Morgan fingerprint density at radius 3 is 2.11 bits per heavy atom. The lowest BCUT2D eigenvalue weighted by molar-refractivity contribution is -0.131. The van der Waals surface area contributed by atoms with E-state index in [4.69, 9.17) is 9.84 Å². The quantitative estimate of drug-likeness (QED) is 0.412. The minimum Gasteiger partial charge on any atom is -0.478 e.